The SMILES string of the molecule is CN1CCCC2(CCN(C(=O)Cc3cccnc3)C2)C1=O. The molecule has 1 atom stereocenters. The standard InChI is InChI=1S/C16H21N3O2/c1-18-8-3-5-16(15(18)21)6-9-19(12-16)14(20)10-13-4-2-7-17-11-13/h2,4,7,11H,3,5-6,8-10,12H2,1H3. The molecule has 0 N–H and O–H groups in total. The van der Waals surface area contributed by atoms with E-state index in [0.29, 0.717) is 19.5 Å². The van der Waals surface area contributed by atoms with Crippen molar-refractivity contribution in [3.8, 4) is 0 Å². The fourth-order valence-corrected chi connectivity index (χ4v) is 3.52. The predicted molar refractivity (Wildman–Crippen MR) is 78.4 cm³/mol. The van der Waals surface area contributed by atoms with Gasteiger partial charge in [0.25, 0.3) is 0 Å². The Kier molecular flexibility index (Phi) is 3.66. The maximum Gasteiger partial charge on any atom is 0.230 e. The van der Waals surface area contributed by atoms with E-state index in [0.717, 1.165) is 31.4 Å². The van der Waals surface area contributed by atoms with Gasteiger partial charge in [-0.3, -0.25) is 14.6 Å². The summed E-state index contributed by atoms with van der Waals surface area (Å²) in [6.45, 7) is 2.11. The van der Waals surface area contributed by atoms with Crippen LogP contribution in [0.1, 0.15) is 24.8 Å². The van der Waals surface area contributed by atoms with E-state index in [2.05, 4.69) is 4.98 Å². The molecule has 112 valence electrons. The zero-order chi connectivity index (χ0) is 14.9. The lowest BCUT2D eigenvalue weighted by Gasteiger charge is -2.37. The van der Waals surface area contributed by atoms with E-state index in [9.17, 15) is 9.59 Å². The fourth-order valence-electron chi connectivity index (χ4n) is 3.52. The van der Waals surface area contributed by atoms with E-state index in [1.807, 2.05) is 29.0 Å². The van der Waals surface area contributed by atoms with Crippen LogP contribution < -0.4 is 0 Å². The van der Waals surface area contributed by atoms with Crippen molar-refractivity contribution in [3.05, 3.63) is 30.1 Å². The first-order chi connectivity index (χ1) is 10.1. The van der Waals surface area contributed by atoms with Crippen LogP contribution in [0.4, 0.5) is 0 Å². The van der Waals surface area contributed by atoms with Crippen LogP contribution >= 0.6 is 0 Å². The number of pyridine rings is 1. The summed E-state index contributed by atoms with van der Waals surface area (Å²) in [5.74, 6) is 0.311. The lowest BCUT2D eigenvalue weighted by molar-refractivity contribution is -0.144. The zero-order valence-electron chi connectivity index (χ0n) is 12.4. The summed E-state index contributed by atoms with van der Waals surface area (Å²) in [5, 5.41) is 0. The number of likely N-dealkylation sites (tertiary alicyclic amines) is 2. The minimum atomic E-state index is -0.322. The molecule has 0 aromatic carbocycles. The Morgan fingerprint density at radius 2 is 2.24 bits per heavy atom. The molecule has 3 rings (SSSR count). The van der Waals surface area contributed by atoms with Crippen molar-refractivity contribution >= 4 is 11.8 Å². The molecule has 21 heavy (non-hydrogen) atoms. The quantitative estimate of drug-likeness (QED) is 0.818. The van der Waals surface area contributed by atoms with Gasteiger partial charge in [0, 0.05) is 39.1 Å². The van der Waals surface area contributed by atoms with Crippen molar-refractivity contribution < 1.29 is 9.59 Å². The van der Waals surface area contributed by atoms with Crippen LogP contribution in [0.25, 0.3) is 0 Å². The maximum atomic E-state index is 12.5. The van der Waals surface area contributed by atoms with Crippen molar-refractivity contribution in [2.75, 3.05) is 26.7 Å². The van der Waals surface area contributed by atoms with Gasteiger partial charge in [-0.05, 0) is 30.9 Å². The lowest BCUT2D eigenvalue weighted by Crippen LogP contribution is -2.48. The van der Waals surface area contributed by atoms with Crippen molar-refractivity contribution in [1.82, 2.24) is 14.8 Å². The highest BCUT2D eigenvalue weighted by molar-refractivity contribution is 5.86. The summed E-state index contributed by atoms with van der Waals surface area (Å²) in [6.07, 6.45) is 6.54. The first kappa shape index (κ1) is 14.0. The van der Waals surface area contributed by atoms with E-state index < -0.39 is 0 Å². The Morgan fingerprint density at radius 1 is 1.38 bits per heavy atom. The summed E-state index contributed by atoms with van der Waals surface area (Å²) in [4.78, 5) is 32.6. The maximum absolute atomic E-state index is 12.5. The molecule has 2 saturated heterocycles. The van der Waals surface area contributed by atoms with E-state index in [1.165, 1.54) is 0 Å². The average molecular weight is 287 g/mol. The van der Waals surface area contributed by atoms with E-state index in [1.54, 1.807) is 12.4 Å². The molecule has 5 heteroatoms. The molecule has 2 aliphatic rings. The number of aromatic nitrogens is 1. The molecule has 1 spiro atoms. The summed E-state index contributed by atoms with van der Waals surface area (Å²) in [5.41, 5.74) is 0.605. The molecule has 1 aromatic rings. The van der Waals surface area contributed by atoms with Crippen LogP contribution in [0.5, 0.6) is 0 Å². The Bertz CT molecular complexity index is 546. The normalized spacial score (nSPS) is 25.7. The molecule has 2 fully saturated rings. The second kappa shape index (κ2) is 5.47. The average Bonchev–Trinajstić information content (AvgIpc) is 2.91. The van der Waals surface area contributed by atoms with Crippen molar-refractivity contribution in [3.63, 3.8) is 0 Å². The molecule has 1 unspecified atom stereocenters. The highest BCUT2D eigenvalue weighted by Gasteiger charge is 2.48. The molecule has 2 amide bonds. The zero-order valence-corrected chi connectivity index (χ0v) is 12.4. The number of carbonyl (C=O) groups excluding carboxylic acids is 2. The molecule has 3 heterocycles. The van der Waals surface area contributed by atoms with Crippen LogP contribution in [0.3, 0.4) is 0 Å². The topological polar surface area (TPSA) is 53.5 Å². The van der Waals surface area contributed by atoms with Gasteiger partial charge in [0.2, 0.25) is 11.8 Å². The molecule has 2 aliphatic heterocycles. The minimum Gasteiger partial charge on any atom is -0.345 e. The second-order valence-electron chi connectivity index (χ2n) is 6.21. The highest BCUT2D eigenvalue weighted by atomic mass is 16.2. The third kappa shape index (κ3) is 2.64. The third-order valence-electron chi connectivity index (χ3n) is 4.73. The molecule has 0 bridgehead atoms. The van der Waals surface area contributed by atoms with Gasteiger partial charge in [-0.15, -0.1) is 0 Å². The summed E-state index contributed by atoms with van der Waals surface area (Å²) >= 11 is 0. The van der Waals surface area contributed by atoms with Gasteiger partial charge < -0.3 is 9.80 Å². The Balaban J connectivity index is 1.66. The number of hydrogen-bond acceptors (Lipinski definition) is 3. The van der Waals surface area contributed by atoms with Gasteiger partial charge in [0.05, 0.1) is 11.8 Å². The van der Waals surface area contributed by atoms with Gasteiger partial charge in [-0.2, -0.15) is 0 Å². The largest absolute Gasteiger partial charge is 0.345 e. The van der Waals surface area contributed by atoms with Crippen molar-refractivity contribution in [2.45, 2.75) is 25.7 Å². The molecular formula is C16H21N3O2. The van der Waals surface area contributed by atoms with Crippen LogP contribution in [0.2, 0.25) is 0 Å². The van der Waals surface area contributed by atoms with Gasteiger partial charge in [-0.1, -0.05) is 6.07 Å². The lowest BCUT2D eigenvalue weighted by atomic mass is 9.78. The minimum absolute atomic E-state index is 0.0981. The number of hydrogen-bond donors (Lipinski definition) is 0. The first-order valence-electron chi connectivity index (χ1n) is 7.53. The third-order valence-corrected chi connectivity index (χ3v) is 4.73. The van der Waals surface area contributed by atoms with Crippen LogP contribution in [-0.2, 0) is 16.0 Å². The number of rotatable bonds is 2. The number of carbonyl (C=O) groups is 2. The summed E-state index contributed by atoms with van der Waals surface area (Å²) in [7, 11) is 1.86. The van der Waals surface area contributed by atoms with Gasteiger partial charge in [0.15, 0.2) is 0 Å². The summed E-state index contributed by atoms with van der Waals surface area (Å²) in [6, 6.07) is 3.75. The Morgan fingerprint density at radius 3 is 3.00 bits per heavy atom. The van der Waals surface area contributed by atoms with Crippen LogP contribution in [0.15, 0.2) is 24.5 Å². The van der Waals surface area contributed by atoms with Crippen LogP contribution in [0, 0.1) is 5.41 Å². The van der Waals surface area contributed by atoms with Crippen molar-refractivity contribution in [1.29, 1.82) is 0 Å². The van der Waals surface area contributed by atoms with Crippen LogP contribution in [-0.4, -0.2) is 53.3 Å². The fraction of sp³-hybridized carbons (Fsp3) is 0.562. The smallest absolute Gasteiger partial charge is 0.230 e. The first-order valence-corrected chi connectivity index (χ1v) is 7.53. The van der Waals surface area contributed by atoms with Gasteiger partial charge >= 0.3 is 0 Å². The molecule has 0 aliphatic carbocycles. The number of amides is 2. The molecule has 5 nitrogen and oxygen atoms in total. The Labute approximate surface area is 124 Å². The van der Waals surface area contributed by atoms with E-state index in [4.69, 9.17) is 0 Å². The molecule has 0 saturated carbocycles. The Hall–Kier alpha value is -1.91. The highest BCUT2D eigenvalue weighted by Crippen LogP contribution is 2.39. The number of nitrogens with zero attached hydrogens (tertiary/aromatic N) is 3. The van der Waals surface area contributed by atoms with Crippen molar-refractivity contribution in [2.24, 2.45) is 5.41 Å². The molecule has 1 aromatic heterocycles. The van der Waals surface area contributed by atoms with Gasteiger partial charge in [0.1, 0.15) is 0 Å². The summed E-state index contributed by atoms with van der Waals surface area (Å²) < 4.78 is 0. The number of piperidine rings is 1. The molecule has 0 radical (unpaired) electrons. The van der Waals surface area contributed by atoms with Gasteiger partial charge in [-0.25, -0.2) is 0 Å². The second-order valence-corrected chi connectivity index (χ2v) is 6.21. The monoisotopic (exact) mass is 287 g/mol. The van der Waals surface area contributed by atoms with E-state index in [-0.39, 0.29) is 17.2 Å². The predicted octanol–water partition coefficient (Wildman–Crippen LogP) is 1.09. The van der Waals surface area contributed by atoms with E-state index >= 15 is 0 Å². The molecular weight excluding hydrogens is 266 g/mol.